The minimum atomic E-state index is -0.519. The van der Waals surface area contributed by atoms with Crippen LogP contribution < -0.4 is 10.5 Å². The number of nitrogens with zero attached hydrogens (tertiary/aromatic N) is 6. The van der Waals surface area contributed by atoms with Crippen LogP contribution in [0.25, 0.3) is 22.3 Å². The van der Waals surface area contributed by atoms with Crippen LogP contribution in [0.3, 0.4) is 0 Å². The highest BCUT2D eigenvalue weighted by Gasteiger charge is 2.33. The second kappa shape index (κ2) is 10.3. The molecule has 1 fully saturated rings. The summed E-state index contributed by atoms with van der Waals surface area (Å²) < 4.78 is 22.7. The van der Waals surface area contributed by atoms with Crippen molar-refractivity contribution in [2.45, 2.75) is 20.4 Å². The van der Waals surface area contributed by atoms with E-state index in [0.717, 1.165) is 0 Å². The topological polar surface area (TPSA) is 123 Å². The number of nitriles is 1. The summed E-state index contributed by atoms with van der Waals surface area (Å²) in [5.74, 6) is 0.558. The van der Waals surface area contributed by atoms with Gasteiger partial charge in [-0.1, -0.05) is 38.1 Å². The van der Waals surface area contributed by atoms with Gasteiger partial charge >= 0.3 is 0 Å². The van der Waals surface area contributed by atoms with Gasteiger partial charge in [0.1, 0.15) is 46.8 Å². The lowest BCUT2D eigenvalue weighted by atomic mass is 9.98. The smallest absolute Gasteiger partial charge is 0.264 e. The molecule has 5 rings (SSSR count). The number of aromatic nitrogens is 4. The van der Waals surface area contributed by atoms with Gasteiger partial charge < -0.3 is 15.4 Å². The van der Waals surface area contributed by atoms with Crippen LogP contribution in [-0.4, -0.2) is 43.6 Å². The Balaban J connectivity index is 1.38. The number of ether oxygens (including phenoxy) is 1. The predicted molar refractivity (Wildman–Crippen MR) is 140 cm³/mol. The Morgan fingerprint density at radius 2 is 1.97 bits per heavy atom. The number of carbonyl (C=O) groups is 1. The van der Waals surface area contributed by atoms with Gasteiger partial charge in [-0.3, -0.25) is 4.79 Å². The quantitative estimate of drug-likeness (QED) is 0.285. The normalized spacial score (nSPS) is 14.0. The molecule has 192 valence electrons. The molecule has 2 N–H and O–H groups in total. The fraction of sp³-hybridized carbons (Fsp3) is 0.250. The predicted octanol–water partition coefficient (Wildman–Crippen LogP) is 4.57. The first-order valence-corrected chi connectivity index (χ1v) is 12.2. The summed E-state index contributed by atoms with van der Waals surface area (Å²) in [6.45, 7) is 5.25. The monoisotopic (exact) mass is 511 g/mol. The van der Waals surface area contributed by atoms with Gasteiger partial charge in [0.2, 0.25) is 0 Å². The number of hydrogen-bond donors (Lipinski definition) is 1. The van der Waals surface area contributed by atoms with E-state index in [1.165, 1.54) is 12.4 Å². The minimum Gasteiger partial charge on any atom is -0.457 e. The Kier molecular flexibility index (Phi) is 6.75. The van der Waals surface area contributed by atoms with Crippen LogP contribution in [-0.2, 0) is 11.3 Å². The third kappa shape index (κ3) is 4.91. The van der Waals surface area contributed by atoms with Gasteiger partial charge in [-0.2, -0.15) is 10.4 Å². The standard InChI is InChI=1S/C28H26FN7O2/c1-17(2)10-19(12-30)28(37)35-13-18(14-35)15-36-27-24(26(31)32-16-33-27)25(34-36)22-9-8-21(11-23(22)29)38-20-6-4-3-5-7-20/h3-11,16-18H,13-15H2,1-2H3,(H2,31,32,33)/b19-10-. The van der Waals surface area contributed by atoms with E-state index in [9.17, 15) is 10.1 Å². The van der Waals surface area contributed by atoms with Gasteiger partial charge in [-0.05, 0) is 30.2 Å². The highest BCUT2D eigenvalue weighted by atomic mass is 19.1. The maximum Gasteiger partial charge on any atom is 0.264 e. The van der Waals surface area contributed by atoms with Gasteiger partial charge in [-0.25, -0.2) is 19.0 Å². The van der Waals surface area contributed by atoms with Gasteiger partial charge in [0.25, 0.3) is 5.91 Å². The number of carbonyl (C=O) groups excluding carboxylic acids is 1. The summed E-state index contributed by atoms with van der Waals surface area (Å²) in [6, 6.07) is 15.7. The van der Waals surface area contributed by atoms with Gasteiger partial charge in [0, 0.05) is 37.2 Å². The molecule has 0 bridgehead atoms. The maximum atomic E-state index is 15.3. The number of likely N-dealkylation sites (tertiary alicyclic amines) is 1. The summed E-state index contributed by atoms with van der Waals surface area (Å²) in [5.41, 5.74) is 7.40. The zero-order valence-electron chi connectivity index (χ0n) is 21.0. The Bertz CT molecular complexity index is 1570. The second-order valence-electron chi connectivity index (χ2n) is 9.56. The van der Waals surface area contributed by atoms with Gasteiger partial charge in [0.15, 0.2) is 5.65 Å². The molecule has 4 aromatic rings. The van der Waals surface area contributed by atoms with Gasteiger partial charge in [-0.15, -0.1) is 0 Å². The number of fused-ring (bicyclic) bond motifs is 1. The molecule has 0 aliphatic carbocycles. The molecule has 0 radical (unpaired) electrons. The van der Waals surface area contributed by atoms with Crippen molar-refractivity contribution < 1.29 is 13.9 Å². The van der Waals surface area contributed by atoms with Crippen LogP contribution in [0.4, 0.5) is 10.2 Å². The van der Waals surface area contributed by atoms with Gasteiger partial charge in [0.05, 0.1) is 5.39 Å². The largest absolute Gasteiger partial charge is 0.457 e. The van der Waals surface area contributed by atoms with Crippen molar-refractivity contribution in [3.05, 3.63) is 72.3 Å². The number of anilines is 1. The average Bonchev–Trinajstić information content (AvgIpc) is 3.24. The Morgan fingerprint density at radius 3 is 2.66 bits per heavy atom. The first kappa shape index (κ1) is 24.9. The van der Waals surface area contributed by atoms with E-state index in [1.54, 1.807) is 39.9 Å². The molecular weight excluding hydrogens is 485 g/mol. The Hall–Kier alpha value is -4.78. The number of amides is 1. The zero-order chi connectivity index (χ0) is 26.8. The molecule has 1 amide bonds. The average molecular weight is 512 g/mol. The molecule has 9 nitrogen and oxygen atoms in total. The summed E-state index contributed by atoms with van der Waals surface area (Å²) in [6.07, 6.45) is 3.02. The van der Waals surface area contributed by atoms with Crippen molar-refractivity contribution in [3.8, 4) is 28.8 Å². The van der Waals surface area contributed by atoms with E-state index >= 15 is 4.39 Å². The number of halogens is 1. The number of allylic oxidation sites excluding steroid dienone is 1. The number of nitrogen functional groups attached to an aromatic ring is 1. The van der Waals surface area contributed by atoms with Crippen LogP contribution in [0.1, 0.15) is 13.8 Å². The highest BCUT2D eigenvalue weighted by molar-refractivity contribution is 5.99. The lowest BCUT2D eigenvalue weighted by Crippen LogP contribution is -2.51. The zero-order valence-corrected chi connectivity index (χ0v) is 21.0. The first-order chi connectivity index (χ1) is 18.3. The summed E-state index contributed by atoms with van der Waals surface area (Å²) in [5, 5.41) is 14.5. The number of benzene rings is 2. The van der Waals surface area contributed by atoms with Crippen LogP contribution in [0.2, 0.25) is 0 Å². The SMILES string of the molecule is CC(C)/C=C(/C#N)C(=O)N1CC(Cn2nc(-c3ccc(Oc4ccccc4)cc3F)c3c(N)ncnc32)C1. The molecule has 3 heterocycles. The van der Waals surface area contributed by atoms with Crippen molar-refractivity contribution in [2.24, 2.45) is 11.8 Å². The van der Waals surface area contributed by atoms with E-state index in [2.05, 4.69) is 15.1 Å². The molecule has 1 aliphatic rings. The van der Waals surface area contributed by atoms with E-state index in [4.69, 9.17) is 10.5 Å². The Morgan fingerprint density at radius 1 is 1.21 bits per heavy atom. The molecule has 0 unspecified atom stereocenters. The van der Waals surface area contributed by atoms with Crippen molar-refractivity contribution in [1.82, 2.24) is 24.6 Å². The molecule has 1 saturated heterocycles. The summed E-state index contributed by atoms with van der Waals surface area (Å²) in [7, 11) is 0. The van der Waals surface area contributed by atoms with Crippen molar-refractivity contribution in [1.29, 1.82) is 5.26 Å². The molecule has 2 aromatic heterocycles. The third-order valence-corrected chi connectivity index (χ3v) is 6.26. The van der Waals surface area contributed by atoms with E-state index in [-0.39, 0.29) is 34.7 Å². The van der Waals surface area contributed by atoms with Crippen molar-refractivity contribution >= 4 is 22.8 Å². The minimum absolute atomic E-state index is 0.0941. The maximum absolute atomic E-state index is 15.3. The van der Waals surface area contributed by atoms with E-state index in [0.29, 0.717) is 47.9 Å². The number of rotatable bonds is 7. The van der Waals surface area contributed by atoms with Crippen LogP contribution in [0, 0.1) is 29.0 Å². The second-order valence-corrected chi connectivity index (χ2v) is 9.56. The van der Waals surface area contributed by atoms with Crippen LogP contribution in [0.15, 0.2) is 66.5 Å². The molecule has 0 atom stereocenters. The van der Waals surface area contributed by atoms with E-state index < -0.39 is 5.82 Å². The number of para-hydroxylation sites is 1. The fourth-order valence-electron chi connectivity index (χ4n) is 4.48. The summed E-state index contributed by atoms with van der Waals surface area (Å²) in [4.78, 5) is 22.7. The molecule has 0 saturated carbocycles. The lowest BCUT2D eigenvalue weighted by molar-refractivity contribution is -0.133. The highest BCUT2D eigenvalue weighted by Crippen LogP contribution is 2.35. The number of nitrogens with two attached hydrogens (primary N) is 1. The van der Waals surface area contributed by atoms with Crippen molar-refractivity contribution in [3.63, 3.8) is 0 Å². The lowest BCUT2D eigenvalue weighted by Gasteiger charge is -2.39. The first-order valence-electron chi connectivity index (χ1n) is 12.2. The fourth-order valence-corrected chi connectivity index (χ4v) is 4.48. The third-order valence-electron chi connectivity index (χ3n) is 6.26. The van der Waals surface area contributed by atoms with Crippen LogP contribution >= 0.6 is 0 Å². The summed E-state index contributed by atoms with van der Waals surface area (Å²) >= 11 is 0. The van der Waals surface area contributed by atoms with Crippen LogP contribution in [0.5, 0.6) is 11.5 Å². The molecular formula is C28H26FN7O2. The molecule has 0 spiro atoms. The number of hydrogen-bond acceptors (Lipinski definition) is 7. The van der Waals surface area contributed by atoms with E-state index in [1.807, 2.05) is 38.1 Å². The van der Waals surface area contributed by atoms with Crippen molar-refractivity contribution in [2.75, 3.05) is 18.8 Å². The molecule has 2 aromatic carbocycles. The molecule has 1 aliphatic heterocycles. The molecule has 38 heavy (non-hydrogen) atoms. The molecule has 10 heteroatoms. The Labute approximate surface area is 219 Å².